The van der Waals surface area contributed by atoms with E-state index in [0.29, 0.717) is 17.0 Å². The van der Waals surface area contributed by atoms with Gasteiger partial charge in [0.2, 0.25) is 0 Å². The second kappa shape index (κ2) is 7.76. The highest BCUT2D eigenvalue weighted by atomic mass is 16.5. The molecular weight excluding hydrogens is 374 g/mol. The summed E-state index contributed by atoms with van der Waals surface area (Å²) >= 11 is 0. The van der Waals surface area contributed by atoms with Crippen molar-refractivity contribution in [2.45, 2.75) is 0 Å². The number of nitrogens with one attached hydrogen (secondary N) is 1. The van der Waals surface area contributed by atoms with Gasteiger partial charge in [-0.05, 0) is 12.1 Å². The van der Waals surface area contributed by atoms with Crippen molar-refractivity contribution in [1.82, 2.24) is 9.97 Å². The van der Waals surface area contributed by atoms with Crippen molar-refractivity contribution in [3.05, 3.63) is 59.8 Å². The van der Waals surface area contributed by atoms with Gasteiger partial charge >= 0.3 is 11.9 Å². The number of para-hydroxylation sites is 1. The van der Waals surface area contributed by atoms with E-state index in [1.807, 2.05) is 48.5 Å². The minimum atomic E-state index is -0.649. The zero-order valence-corrected chi connectivity index (χ0v) is 16.0. The molecule has 0 atom stereocenters. The zero-order valence-electron chi connectivity index (χ0n) is 16.0. The number of ether oxygens (including phenoxy) is 3. The molecule has 2 heterocycles. The van der Waals surface area contributed by atoms with Crippen LogP contribution in [0.3, 0.4) is 0 Å². The first-order valence-electron chi connectivity index (χ1n) is 8.93. The number of aromatic nitrogens is 2. The maximum absolute atomic E-state index is 12.5. The summed E-state index contributed by atoms with van der Waals surface area (Å²) in [6.45, 7) is 0.0248. The number of carbonyl (C=O) groups excluding carboxylic acids is 2. The summed E-state index contributed by atoms with van der Waals surface area (Å²) in [5.41, 5.74) is 3.16. The summed E-state index contributed by atoms with van der Waals surface area (Å²) in [6.07, 6.45) is 0. The van der Waals surface area contributed by atoms with Gasteiger partial charge < -0.3 is 24.1 Å². The number of carbonyl (C=O) groups is 2. The maximum atomic E-state index is 12.5. The molecule has 1 aliphatic heterocycles. The Hall–Kier alpha value is -3.65. The standard InChI is InChI=1S/C21H19N3O5/c1-27-20(25)14-11-29-12-24(18(14)21(26)28-2)16-10-6-9-15-17(16)23-19(22-15)13-7-4-3-5-8-13/h3-10H,11-12H2,1-2H3,(H,22,23). The number of esters is 2. The fourth-order valence-corrected chi connectivity index (χ4v) is 3.30. The molecule has 1 N–H and O–H groups in total. The van der Waals surface area contributed by atoms with Crippen molar-refractivity contribution >= 4 is 28.7 Å². The molecule has 8 nitrogen and oxygen atoms in total. The van der Waals surface area contributed by atoms with Gasteiger partial charge in [0.1, 0.15) is 23.8 Å². The number of fused-ring (bicyclic) bond motifs is 1. The van der Waals surface area contributed by atoms with E-state index < -0.39 is 11.9 Å². The molecule has 29 heavy (non-hydrogen) atoms. The Morgan fingerprint density at radius 3 is 2.52 bits per heavy atom. The van der Waals surface area contributed by atoms with Crippen molar-refractivity contribution in [1.29, 1.82) is 0 Å². The molecule has 0 aliphatic carbocycles. The van der Waals surface area contributed by atoms with Crippen LogP contribution in [0.15, 0.2) is 59.8 Å². The molecule has 2 aromatic carbocycles. The monoisotopic (exact) mass is 393 g/mol. The van der Waals surface area contributed by atoms with Crippen LogP contribution in [-0.4, -0.2) is 49.5 Å². The van der Waals surface area contributed by atoms with E-state index in [1.54, 1.807) is 4.90 Å². The number of H-pyrrole nitrogens is 1. The van der Waals surface area contributed by atoms with Crippen LogP contribution in [0.5, 0.6) is 0 Å². The van der Waals surface area contributed by atoms with E-state index in [4.69, 9.17) is 19.2 Å². The topological polar surface area (TPSA) is 93.8 Å². The summed E-state index contributed by atoms with van der Waals surface area (Å²) in [4.78, 5) is 34.3. The molecule has 3 aromatic rings. The molecule has 1 aliphatic rings. The van der Waals surface area contributed by atoms with Gasteiger partial charge in [-0.25, -0.2) is 14.6 Å². The molecule has 0 saturated carbocycles. The third kappa shape index (κ3) is 3.34. The summed E-state index contributed by atoms with van der Waals surface area (Å²) in [7, 11) is 2.52. The lowest BCUT2D eigenvalue weighted by Crippen LogP contribution is -2.38. The lowest BCUT2D eigenvalue weighted by Gasteiger charge is -2.31. The van der Waals surface area contributed by atoms with Gasteiger partial charge in [-0.2, -0.15) is 0 Å². The van der Waals surface area contributed by atoms with Gasteiger partial charge in [-0.3, -0.25) is 0 Å². The fourth-order valence-electron chi connectivity index (χ4n) is 3.30. The van der Waals surface area contributed by atoms with E-state index in [9.17, 15) is 9.59 Å². The number of aromatic amines is 1. The second-order valence-electron chi connectivity index (χ2n) is 6.34. The minimum Gasteiger partial charge on any atom is -0.466 e. The van der Waals surface area contributed by atoms with E-state index >= 15 is 0 Å². The maximum Gasteiger partial charge on any atom is 0.355 e. The van der Waals surface area contributed by atoms with Crippen molar-refractivity contribution in [3.8, 4) is 11.4 Å². The Morgan fingerprint density at radius 1 is 1.03 bits per heavy atom. The molecule has 1 aromatic heterocycles. The highest BCUT2D eigenvalue weighted by Crippen LogP contribution is 2.33. The van der Waals surface area contributed by atoms with Gasteiger partial charge in [0, 0.05) is 5.56 Å². The van der Waals surface area contributed by atoms with Crippen LogP contribution in [0.25, 0.3) is 22.4 Å². The Bertz CT molecular complexity index is 1100. The first kappa shape index (κ1) is 18.7. The van der Waals surface area contributed by atoms with Crippen LogP contribution >= 0.6 is 0 Å². The zero-order chi connectivity index (χ0) is 20.4. The van der Waals surface area contributed by atoms with Gasteiger partial charge in [-0.15, -0.1) is 0 Å². The Kier molecular flexibility index (Phi) is 5.01. The third-order valence-corrected chi connectivity index (χ3v) is 4.66. The molecule has 0 fully saturated rings. The van der Waals surface area contributed by atoms with Crippen molar-refractivity contribution in [3.63, 3.8) is 0 Å². The van der Waals surface area contributed by atoms with Crippen LogP contribution in [0.4, 0.5) is 5.69 Å². The molecule has 0 saturated heterocycles. The first-order chi connectivity index (χ1) is 14.1. The average Bonchev–Trinajstić information content (AvgIpc) is 3.22. The van der Waals surface area contributed by atoms with E-state index in [-0.39, 0.29) is 24.6 Å². The van der Waals surface area contributed by atoms with Gasteiger partial charge in [0.15, 0.2) is 0 Å². The average molecular weight is 393 g/mol. The molecule has 0 amide bonds. The number of hydrogen-bond donors (Lipinski definition) is 1. The molecule has 8 heteroatoms. The normalized spacial score (nSPS) is 14.2. The predicted octanol–water partition coefficient (Wildman–Crippen LogP) is 2.62. The first-order valence-corrected chi connectivity index (χ1v) is 8.93. The Labute approximate surface area is 166 Å². The lowest BCUT2D eigenvalue weighted by atomic mass is 10.1. The third-order valence-electron chi connectivity index (χ3n) is 4.66. The molecule has 4 rings (SSSR count). The molecule has 148 valence electrons. The lowest BCUT2D eigenvalue weighted by molar-refractivity contribution is -0.140. The van der Waals surface area contributed by atoms with E-state index in [2.05, 4.69) is 4.98 Å². The summed E-state index contributed by atoms with van der Waals surface area (Å²) in [6, 6.07) is 15.3. The Balaban J connectivity index is 1.87. The fraction of sp³-hybridized carbons (Fsp3) is 0.190. The number of hydrogen-bond acceptors (Lipinski definition) is 7. The van der Waals surface area contributed by atoms with Crippen LogP contribution in [0.2, 0.25) is 0 Å². The second-order valence-corrected chi connectivity index (χ2v) is 6.34. The Morgan fingerprint density at radius 2 is 1.79 bits per heavy atom. The van der Waals surface area contributed by atoms with Crippen LogP contribution in [0.1, 0.15) is 0 Å². The minimum absolute atomic E-state index is 0.0422. The van der Waals surface area contributed by atoms with Gasteiger partial charge in [0.05, 0.1) is 37.6 Å². The van der Waals surface area contributed by atoms with Crippen LogP contribution < -0.4 is 4.90 Å². The van der Waals surface area contributed by atoms with Crippen LogP contribution in [0, 0.1) is 0 Å². The van der Waals surface area contributed by atoms with Gasteiger partial charge in [0.25, 0.3) is 0 Å². The van der Waals surface area contributed by atoms with Gasteiger partial charge in [-0.1, -0.05) is 36.4 Å². The molecule has 0 unspecified atom stereocenters. The number of methoxy groups -OCH3 is 2. The summed E-state index contributed by atoms with van der Waals surface area (Å²) < 4.78 is 15.3. The van der Waals surface area contributed by atoms with Crippen molar-refractivity contribution in [2.75, 3.05) is 32.5 Å². The van der Waals surface area contributed by atoms with E-state index in [0.717, 1.165) is 11.1 Å². The van der Waals surface area contributed by atoms with Crippen LogP contribution in [-0.2, 0) is 23.8 Å². The summed E-state index contributed by atoms with van der Waals surface area (Å²) in [5, 5.41) is 0. The largest absolute Gasteiger partial charge is 0.466 e. The number of rotatable bonds is 4. The molecular formula is C21H19N3O5. The predicted molar refractivity (Wildman–Crippen MR) is 106 cm³/mol. The van der Waals surface area contributed by atoms with Crippen molar-refractivity contribution < 1.29 is 23.8 Å². The van der Waals surface area contributed by atoms with Crippen molar-refractivity contribution in [2.24, 2.45) is 0 Å². The molecule has 0 radical (unpaired) electrons. The SMILES string of the molecule is COC(=O)C1=C(C(=O)OC)N(c2cccc3[nH]c(-c4ccccc4)nc23)COC1. The number of nitrogens with zero attached hydrogens (tertiary/aromatic N) is 2. The smallest absolute Gasteiger partial charge is 0.355 e. The van der Waals surface area contributed by atoms with E-state index in [1.165, 1.54) is 14.2 Å². The number of anilines is 1. The summed E-state index contributed by atoms with van der Waals surface area (Å²) in [5.74, 6) is -0.596. The number of imidazole rings is 1. The quantitative estimate of drug-likeness (QED) is 0.681. The molecule has 0 spiro atoms. The molecule has 0 bridgehead atoms. The highest BCUT2D eigenvalue weighted by molar-refractivity contribution is 6.05. The highest BCUT2D eigenvalue weighted by Gasteiger charge is 2.33. The number of benzene rings is 2.